The van der Waals surface area contributed by atoms with Gasteiger partial charge in [-0.2, -0.15) is 5.10 Å². The number of aryl methyl sites for hydroxylation is 1. The van der Waals surface area contributed by atoms with E-state index in [0.717, 1.165) is 10.9 Å². The molecule has 3 rings (SSSR count). The quantitative estimate of drug-likeness (QED) is 0.741. The van der Waals surface area contributed by atoms with Gasteiger partial charge in [-0.3, -0.25) is 4.68 Å². The maximum absolute atomic E-state index is 11.5. The zero-order chi connectivity index (χ0) is 16.6. The monoisotopic (exact) mass is 332 g/mol. The normalized spacial score (nSPS) is 13.2. The summed E-state index contributed by atoms with van der Waals surface area (Å²) in [6.45, 7) is 1.91. The number of primary sulfonamides is 1. The van der Waals surface area contributed by atoms with E-state index in [1.807, 2.05) is 13.0 Å². The minimum Gasteiger partial charge on any atom is -0.363 e. The van der Waals surface area contributed by atoms with Crippen LogP contribution in [0.15, 0.2) is 41.7 Å². The Morgan fingerprint density at radius 1 is 1.30 bits per heavy atom. The molecular formula is C14H16N6O2S. The fraction of sp³-hybridized carbons (Fsp3) is 0.214. The molecule has 120 valence electrons. The third-order valence-electron chi connectivity index (χ3n) is 3.57. The van der Waals surface area contributed by atoms with Crippen LogP contribution >= 0.6 is 0 Å². The van der Waals surface area contributed by atoms with Crippen LogP contribution in [0.4, 0.5) is 5.82 Å². The number of hydrogen-bond acceptors (Lipinski definition) is 6. The molecule has 0 unspecified atom stereocenters. The largest absolute Gasteiger partial charge is 0.363 e. The molecule has 9 heteroatoms. The number of aromatic nitrogens is 4. The molecule has 0 saturated heterocycles. The van der Waals surface area contributed by atoms with Crippen LogP contribution in [0.2, 0.25) is 0 Å². The molecule has 0 bridgehead atoms. The molecule has 0 aliphatic rings. The van der Waals surface area contributed by atoms with Crippen LogP contribution in [-0.4, -0.2) is 28.2 Å². The first-order valence-electron chi connectivity index (χ1n) is 6.88. The highest BCUT2D eigenvalue weighted by atomic mass is 32.2. The average Bonchev–Trinajstić information content (AvgIpc) is 2.89. The number of nitrogens with one attached hydrogen (secondary N) is 1. The molecule has 3 aromatic rings. The third-order valence-corrected chi connectivity index (χ3v) is 4.48. The highest BCUT2D eigenvalue weighted by Crippen LogP contribution is 2.24. The Kier molecular flexibility index (Phi) is 3.74. The van der Waals surface area contributed by atoms with E-state index in [0.29, 0.717) is 11.5 Å². The van der Waals surface area contributed by atoms with E-state index in [1.165, 1.54) is 12.4 Å². The van der Waals surface area contributed by atoms with Gasteiger partial charge in [-0.15, -0.1) is 0 Å². The molecule has 1 aromatic carbocycles. The fourth-order valence-corrected chi connectivity index (χ4v) is 2.89. The highest BCUT2D eigenvalue weighted by molar-refractivity contribution is 7.89. The second kappa shape index (κ2) is 5.60. The first-order chi connectivity index (χ1) is 10.9. The summed E-state index contributed by atoms with van der Waals surface area (Å²) < 4.78 is 24.6. The molecule has 8 nitrogen and oxygen atoms in total. The third kappa shape index (κ3) is 3.01. The molecular weight excluding hydrogens is 316 g/mol. The Bertz CT molecular complexity index is 966. The fourth-order valence-electron chi connectivity index (χ4n) is 2.33. The van der Waals surface area contributed by atoms with Crippen molar-refractivity contribution in [3.05, 3.63) is 42.4 Å². The van der Waals surface area contributed by atoms with E-state index in [9.17, 15) is 8.42 Å². The Morgan fingerprint density at radius 3 is 2.83 bits per heavy atom. The van der Waals surface area contributed by atoms with Crippen molar-refractivity contribution in [1.29, 1.82) is 0 Å². The minimum absolute atomic E-state index is 0.0814. The van der Waals surface area contributed by atoms with E-state index in [4.69, 9.17) is 5.14 Å². The van der Waals surface area contributed by atoms with E-state index < -0.39 is 10.0 Å². The maximum Gasteiger partial charge on any atom is 0.238 e. The van der Waals surface area contributed by atoms with E-state index in [1.54, 1.807) is 30.1 Å². The molecule has 2 aromatic heterocycles. The first kappa shape index (κ1) is 15.4. The summed E-state index contributed by atoms with van der Waals surface area (Å²) in [7, 11) is -1.93. The molecule has 0 spiro atoms. The van der Waals surface area contributed by atoms with Crippen molar-refractivity contribution in [3.63, 3.8) is 0 Å². The molecule has 2 heterocycles. The maximum atomic E-state index is 11.5. The summed E-state index contributed by atoms with van der Waals surface area (Å²) in [5.74, 6) is 0.636. The molecule has 0 fully saturated rings. The van der Waals surface area contributed by atoms with Crippen molar-refractivity contribution in [1.82, 2.24) is 19.7 Å². The molecule has 0 radical (unpaired) electrons. The Hall–Kier alpha value is -2.52. The minimum atomic E-state index is -3.73. The second-order valence-electron chi connectivity index (χ2n) is 5.21. The Labute approximate surface area is 133 Å². The van der Waals surface area contributed by atoms with Gasteiger partial charge in [0.25, 0.3) is 0 Å². The summed E-state index contributed by atoms with van der Waals surface area (Å²) in [6.07, 6.45) is 3.14. The van der Waals surface area contributed by atoms with Gasteiger partial charge in [0.05, 0.1) is 22.5 Å². The van der Waals surface area contributed by atoms with Crippen molar-refractivity contribution >= 4 is 26.9 Å². The van der Waals surface area contributed by atoms with Crippen LogP contribution in [0.3, 0.4) is 0 Å². The van der Waals surface area contributed by atoms with Crippen LogP contribution in [0, 0.1) is 0 Å². The lowest BCUT2D eigenvalue weighted by molar-refractivity contribution is 0.597. The predicted molar refractivity (Wildman–Crippen MR) is 86.2 cm³/mol. The smallest absolute Gasteiger partial charge is 0.238 e. The van der Waals surface area contributed by atoms with Crippen LogP contribution in [0.25, 0.3) is 11.0 Å². The van der Waals surface area contributed by atoms with Crippen molar-refractivity contribution in [2.45, 2.75) is 17.9 Å². The van der Waals surface area contributed by atoms with Crippen LogP contribution in [-0.2, 0) is 17.1 Å². The molecule has 0 saturated carbocycles. The highest BCUT2D eigenvalue weighted by Gasteiger charge is 2.14. The summed E-state index contributed by atoms with van der Waals surface area (Å²) in [4.78, 5) is 8.50. The topological polar surface area (TPSA) is 116 Å². The first-order valence-corrected chi connectivity index (χ1v) is 8.43. The van der Waals surface area contributed by atoms with Gasteiger partial charge in [0.2, 0.25) is 10.0 Å². The van der Waals surface area contributed by atoms with Crippen LogP contribution < -0.4 is 10.5 Å². The molecule has 0 amide bonds. The number of anilines is 1. The second-order valence-corrected chi connectivity index (χ2v) is 6.77. The number of benzene rings is 1. The van der Waals surface area contributed by atoms with Gasteiger partial charge in [-0.25, -0.2) is 23.5 Å². The van der Waals surface area contributed by atoms with Gasteiger partial charge < -0.3 is 5.32 Å². The Morgan fingerprint density at radius 2 is 2.09 bits per heavy atom. The standard InChI is InChI=1S/C14H16N6O2S/c1-9(10-4-3-5-11(6-10)23(15,21)22)19-13-12-7-18-20(2)14(12)17-8-16-13/h3-9H,1-2H3,(H2,15,21,22)(H,16,17,19)/t9-/m1/s1. The van der Waals surface area contributed by atoms with E-state index >= 15 is 0 Å². The summed E-state index contributed by atoms with van der Waals surface area (Å²) in [5.41, 5.74) is 1.50. The van der Waals surface area contributed by atoms with Gasteiger partial charge in [0, 0.05) is 7.05 Å². The molecule has 23 heavy (non-hydrogen) atoms. The zero-order valence-corrected chi connectivity index (χ0v) is 13.4. The average molecular weight is 332 g/mol. The van der Waals surface area contributed by atoms with E-state index in [-0.39, 0.29) is 10.9 Å². The molecule has 0 aliphatic carbocycles. The van der Waals surface area contributed by atoms with Crippen molar-refractivity contribution < 1.29 is 8.42 Å². The lowest BCUT2D eigenvalue weighted by Gasteiger charge is -2.16. The number of sulfonamides is 1. The molecule has 3 N–H and O–H groups in total. The number of rotatable bonds is 4. The SMILES string of the molecule is C[C@@H](Nc1ncnc2c1cnn2C)c1cccc(S(N)(=O)=O)c1. The van der Waals surface area contributed by atoms with Crippen LogP contribution in [0.5, 0.6) is 0 Å². The van der Waals surface area contributed by atoms with Gasteiger partial charge in [-0.1, -0.05) is 12.1 Å². The summed E-state index contributed by atoms with van der Waals surface area (Å²) >= 11 is 0. The number of nitrogens with two attached hydrogens (primary N) is 1. The van der Waals surface area contributed by atoms with Gasteiger partial charge >= 0.3 is 0 Å². The number of fused-ring (bicyclic) bond motifs is 1. The van der Waals surface area contributed by atoms with Crippen LogP contribution in [0.1, 0.15) is 18.5 Å². The molecule has 1 atom stereocenters. The van der Waals surface area contributed by atoms with Crippen molar-refractivity contribution in [3.8, 4) is 0 Å². The van der Waals surface area contributed by atoms with Gasteiger partial charge in [0.1, 0.15) is 12.1 Å². The lowest BCUT2D eigenvalue weighted by Crippen LogP contribution is -2.14. The number of hydrogen-bond donors (Lipinski definition) is 2. The van der Waals surface area contributed by atoms with Crippen molar-refractivity contribution in [2.24, 2.45) is 12.2 Å². The number of nitrogens with zero attached hydrogens (tertiary/aromatic N) is 4. The van der Waals surface area contributed by atoms with E-state index in [2.05, 4.69) is 20.4 Å². The van der Waals surface area contributed by atoms with Gasteiger partial charge in [0.15, 0.2) is 5.65 Å². The summed E-state index contributed by atoms with van der Waals surface area (Å²) in [5, 5.41) is 13.4. The predicted octanol–water partition coefficient (Wildman–Crippen LogP) is 1.18. The summed E-state index contributed by atoms with van der Waals surface area (Å²) in [6, 6.07) is 6.33. The van der Waals surface area contributed by atoms with Crippen molar-refractivity contribution in [2.75, 3.05) is 5.32 Å². The zero-order valence-electron chi connectivity index (χ0n) is 12.6. The Balaban J connectivity index is 1.94. The molecule has 0 aliphatic heterocycles. The van der Waals surface area contributed by atoms with Gasteiger partial charge in [-0.05, 0) is 24.6 Å². The lowest BCUT2D eigenvalue weighted by atomic mass is 10.1.